The zero-order chi connectivity index (χ0) is 11.9. The van der Waals surface area contributed by atoms with Crippen molar-refractivity contribution in [1.29, 1.82) is 0 Å². The van der Waals surface area contributed by atoms with E-state index < -0.39 is 11.9 Å². The lowest BCUT2D eigenvalue weighted by Crippen LogP contribution is -2.25. The van der Waals surface area contributed by atoms with E-state index in [1.807, 2.05) is 0 Å². The van der Waals surface area contributed by atoms with Gasteiger partial charge in [0.15, 0.2) is 0 Å². The Morgan fingerprint density at radius 2 is 2.06 bits per heavy atom. The van der Waals surface area contributed by atoms with Crippen LogP contribution >= 0.6 is 23.2 Å². The summed E-state index contributed by atoms with van der Waals surface area (Å²) in [5, 5.41) is 9.41. The van der Waals surface area contributed by atoms with Crippen LogP contribution in [0.15, 0.2) is 12.1 Å². The maximum absolute atomic E-state index is 13.2. The molecule has 0 bridgehead atoms. The number of β-amino-alcohol motifs (C(OH)–C–C–N with tert-alkyl or cyclic N) is 1. The number of nitrogens with zero attached hydrogens (tertiary/aromatic N) is 1. The second-order valence-electron chi connectivity index (χ2n) is 3.58. The number of amides is 1. The van der Waals surface area contributed by atoms with Gasteiger partial charge < -0.3 is 10.0 Å². The number of benzene rings is 1. The molecular formula is C10H8Cl2FNO2. The molecule has 1 atom stereocenters. The molecule has 6 heteroatoms. The van der Waals surface area contributed by atoms with Crippen molar-refractivity contribution in [3.63, 3.8) is 0 Å². The first-order valence-corrected chi connectivity index (χ1v) is 5.37. The van der Waals surface area contributed by atoms with Crippen molar-refractivity contribution in [2.45, 2.75) is 12.5 Å². The Balaban J connectivity index is 2.41. The van der Waals surface area contributed by atoms with Gasteiger partial charge in [0.25, 0.3) is 0 Å². The van der Waals surface area contributed by atoms with Crippen molar-refractivity contribution in [2.24, 2.45) is 0 Å². The van der Waals surface area contributed by atoms with Crippen LogP contribution in [0.2, 0.25) is 10.0 Å². The van der Waals surface area contributed by atoms with Crippen LogP contribution in [0.3, 0.4) is 0 Å². The molecule has 0 radical (unpaired) electrons. The molecule has 2 rings (SSSR count). The van der Waals surface area contributed by atoms with Gasteiger partial charge in [-0.05, 0) is 6.07 Å². The molecule has 0 aliphatic carbocycles. The molecule has 1 amide bonds. The molecule has 1 N–H and O–H groups in total. The number of aliphatic hydroxyl groups is 1. The van der Waals surface area contributed by atoms with E-state index in [0.29, 0.717) is 0 Å². The number of anilines is 1. The van der Waals surface area contributed by atoms with Gasteiger partial charge in [-0.1, -0.05) is 23.2 Å². The number of halogens is 3. The second kappa shape index (κ2) is 4.20. The van der Waals surface area contributed by atoms with Gasteiger partial charge in [-0.25, -0.2) is 4.39 Å². The molecule has 86 valence electrons. The SMILES string of the molecule is O=C1CC(O)CN1c1cc(F)c(Cl)cc1Cl. The maximum Gasteiger partial charge on any atom is 0.229 e. The van der Waals surface area contributed by atoms with Crippen LogP contribution in [-0.4, -0.2) is 23.7 Å². The Morgan fingerprint density at radius 1 is 1.38 bits per heavy atom. The van der Waals surface area contributed by atoms with Gasteiger partial charge in [0, 0.05) is 6.07 Å². The molecule has 3 nitrogen and oxygen atoms in total. The lowest BCUT2D eigenvalue weighted by Gasteiger charge is -2.17. The van der Waals surface area contributed by atoms with E-state index in [4.69, 9.17) is 23.2 Å². The van der Waals surface area contributed by atoms with Crippen LogP contribution in [-0.2, 0) is 4.79 Å². The molecular weight excluding hydrogens is 256 g/mol. The number of carbonyl (C=O) groups is 1. The summed E-state index contributed by atoms with van der Waals surface area (Å²) < 4.78 is 13.2. The maximum atomic E-state index is 13.2. The number of rotatable bonds is 1. The molecule has 0 spiro atoms. The quantitative estimate of drug-likeness (QED) is 0.790. The van der Waals surface area contributed by atoms with E-state index in [0.717, 1.165) is 6.07 Å². The largest absolute Gasteiger partial charge is 0.391 e. The van der Waals surface area contributed by atoms with Gasteiger partial charge in [-0.15, -0.1) is 0 Å². The molecule has 1 unspecified atom stereocenters. The standard InChI is InChI=1S/C10H8Cl2FNO2/c11-6-2-7(12)9(3-8(6)13)14-4-5(15)1-10(14)16/h2-3,5,15H,1,4H2. The summed E-state index contributed by atoms with van der Waals surface area (Å²) in [5.41, 5.74) is 0.241. The monoisotopic (exact) mass is 263 g/mol. The van der Waals surface area contributed by atoms with E-state index in [-0.39, 0.29) is 34.6 Å². The Morgan fingerprint density at radius 3 is 2.62 bits per heavy atom. The van der Waals surface area contributed by atoms with Crippen LogP contribution < -0.4 is 4.90 Å². The molecule has 1 heterocycles. The Kier molecular flexibility index (Phi) is 3.06. The van der Waals surface area contributed by atoms with E-state index >= 15 is 0 Å². The van der Waals surface area contributed by atoms with Gasteiger partial charge >= 0.3 is 0 Å². The number of hydrogen-bond donors (Lipinski definition) is 1. The molecule has 1 saturated heterocycles. The van der Waals surface area contributed by atoms with Crippen LogP contribution in [0.25, 0.3) is 0 Å². The highest BCUT2D eigenvalue weighted by Gasteiger charge is 2.30. The minimum absolute atomic E-state index is 0.0283. The van der Waals surface area contributed by atoms with E-state index in [9.17, 15) is 14.3 Å². The van der Waals surface area contributed by atoms with Crippen LogP contribution in [0.5, 0.6) is 0 Å². The van der Waals surface area contributed by atoms with Crippen molar-refractivity contribution in [2.75, 3.05) is 11.4 Å². The third kappa shape index (κ3) is 2.00. The Labute approximate surface area is 101 Å². The van der Waals surface area contributed by atoms with Crippen molar-refractivity contribution in [3.8, 4) is 0 Å². The normalized spacial score (nSPS) is 20.6. The first-order valence-electron chi connectivity index (χ1n) is 4.62. The molecule has 1 aliphatic heterocycles. The smallest absolute Gasteiger partial charge is 0.229 e. The Bertz CT molecular complexity index is 453. The summed E-state index contributed by atoms with van der Waals surface area (Å²) >= 11 is 11.4. The molecule has 1 aromatic rings. The molecule has 0 aromatic heterocycles. The van der Waals surface area contributed by atoms with Crippen molar-refractivity contribution >= 4 is 34.8 Å². The van der Waals surface area contributed by atoms with Gasteiger partial charge in [0.05, 0.1) is 34.8 Å². The summed E-state index contributed by atoms with van der Waals surface area (Å²) in [6.07, 6.45) is -0.706. The number of aliphatic hydroxyl groups excluding tert-OH is 1. The topological polar surface area (TPSA) is 40.5 Å². The van der Waals surface area contributed by atoms with Crippen molar-refractivity contribution in [3.05, 3.63) is 28.0 Å². The van der Waals surface area contributed by atoms with Gasteiger partial charge in [-0.2, -0.15) is 0 Å². The van der Waals surface area contributed by atoms with Crippen molar-refractivity contribution in [1.82, 2.24) is 0 Å². The van der Waals surface area contributed by atoms with Gasteiger partial charge in [-0.3, -0.25) is 4.79 Å². The lowest BCUT2D eigenvalue weighted by atomic mass is 10.3. The molecule has 16 heavy (non-hydrogen) atoms. The Hall–Kier alpha value is -0.840. The van der Waals surface area contributed by atoms with Crippen LogP contribution in [0.4, 0.5) is 10.1 Å². The number of carbonyl (C=O) groups excluding carboxylic acids is 1. The highest BCUT2D eigenvalue weighted by Crippen LogP contribution is 2.33. The highest BCUT2D eigenvalue weighted by atomic mass is 35.5. The zero-order valence-corrected chi connectivity index (χ0v) is 9.59. The minimum atomic E-state index is -0.734. The molecule has 1 fully saturated rings. The summed E-state index contributed by atoms with van der Waals surface area (Å²) in [4.78, 5) is 12.7. The average Bonchev–Trinajstić information content (AvgIpc) is 2.51. The van der Waals surface area contributed by atoms with Gasteiger partial charge in [0.1, 0.15) is 5.82 Å². The first kappa shape index (κ1) is 11.6. The summed E-state index contributed by atoms with van der Waals surface area (Å²) in [7, 11) is 0. The lowest BCUT2D eigenvalue weighted by molar-refractivity contribution is -0.117. The highest BCUT2D eigenvalue weighted by molar-refractivity contribution is 6.36. The predicted octanol–water partition coefficient (Wildman–Crippen LogP) is 2.23. The molecule has 1 aliphatic rings. The summed E-state index contributed by atoms with van der Waals surface area (Å²) in [5.74, 6) is -0.925. The fourth-order valence-corrected chi connectivity index (χ4v) is 2.13. The van der Waals surface area contributed by atoms with Crippen LogP contribution in [0.1, 0.15) is 6.42 Å². The predicted molar refractivity (Wildman–Crippen MR) is 59.4 cm³/mol. The zero-order valence-electron chi connectivity index (χ0n) is 8.08. The van der Waals surface area contributed by atoms with E-state index in [1.54, 1.807) is 0 Å². The van der Waals surface area contributed by atoms with E-state index in [2.05, 4.69) is 0 Å². The second-order valence-corrected chi connectivity index (χ2v) is 4.39. The third-order valence-electron chi connectivity index (χ3n) is 2.39. The molecule has 0 saturated carbocycles. The van der Waals surface area contributed by atoms with E-state index in [1.165, 1.54) is 11.0 Å². The van der Waals surface area contributed by atoms with Crippen LogP contribution in [0, 0.1) is 5.82 Å². The summed E-state index contributed by atoms with van der Waals surface area (Å²) in [6.45, 7) is 0.125. The molecule has 1 aromatic carbocycles. The number of hydrogen-bond acceptors (Lipinski definition) is 2. The first-order chi connectivity index (χ1) is 7.49. The summed E-state index contributed by atoms with van der Waals surface area (Å²) in [6, 6.07) is 2.34. The van der Waals surface area contributed by atoms with Gasteiger partial charge in [0.2, 0.25) is 5.91 Å². The minimum Gasteiger partial charge on any atom is -0.391 e. The third-order valence-corrected chi connectivity index (χ3v) is 2.98. The van der Waals surface area contributed by atoms with Crippen molar-refractivity contribution < 1.29 is 14.3 Å². The average molecular weight is 264 g/mol. The fraction of sp³-hybridized carbons (Fsp3) is 0.300. The fourth-order valence-electron chi connectivity index (χ4n) is 1.64.